The first-order valence-electron chi connectivity index (χ1n) is 8.49. The van der Waals surface area contributed by atoms with Crippen molar-refractivity contribution in [1.29, 1.82) is 0 Å². The van der Waals surface area contributed by atoms with Gasteiger partial charge in [0, 0.05) is 23.3 Å². The predicted octanol–water partition coefficient (Wildman–Crippen LogP) is 4.51. The number of carbonyl (C=O) groups excluding carboxylic acids is 1. The first-order chi connectivity index (χ1) is 12.7. The van der Waals surface area contributed by atoms with E-state index >= 15 is 0 Å². The highest BCUT2D eigenvalue weighted by Crippen LogP contribution is 2.19. The molecule has 0 aliphatic carbocycles. The molecular formula is C19H23ClN2O4S. The summed E-state index contributed by atoms with van der Waals surface area (Å²) in [7, 11) is -3.57. The third kappa shape index (κ3) is 6.77. The van der Waals surface area contributed by atoms with Gasteiger partial charge in [0.05, 0.1) is 6.26 Å². The highest BCUT2D eigenvalue weighted by molar-refractivity contribution is 7.86. The Morgan fingerprint density at radius 1 is 1.22 bits per heavy atom. The van der Waals surface area contributed by atoms with Crippen LogP contribution >= 0.6 is 11.6 Å². The summed E-state index contributed by atoms with van der Waals surface area (Å²) in [5.74, 6) is 0.236. The van der Waals surface area contributed by atoms with Crippen LogP contribution in [0, 0.1) is 0 Å². The molecule has 0 saturated heterocycles. The van der Waals surface area contributed by atoms with Crippen LogP contribution in [0.25, 0.3) is 0 Å². The predicted molar refractivity (Wildman–Crippen MR) is 108 cm³/mol. The van der Waals surface area contributed by atoms with E-state index in [0.717, 1.165) is 18.2 Å². The number of anilines is 1. The molecule has 0 heterocycles. The fourth-order valence-corrected chi connectivity index (χ4v) is 3.08. The maximum atomic E-state index is 12.8. The van der Waals surface area contributed by atoms with Crippen molar-refractivity contribution in [1.82, 2.24) is 4.90 Å². The minimum absolute atomic E-state index is 0.0103. The van der Waals surface area contributed by atoms with Crippen molar-refractivity contribution in [3.8, 4) is 5.75 Å². The van der Waals surface area contributed by atoms with Crippen LogP contribution in [0.1, 0.15) is 25.8 Å². The molecule has 2 aromatic rings. The summed E-state index contributed by atoms with van der Waals surface area (Å²) < 4.78 is 27.2. The van der Waals surface area contributed by atoms with E-state index in [1.54, 1.807) is 53.4 Å². The molecule has 27 heavy (non-hydrogen) atoms. The number of amides is 2. The lowest BCUT2D eigenvalue weighted by molar-refractivity contribution is 0.187. The first-order valence-corrected chi connectivity index (χ1v) is 10.7. The Kier molecular flexibility index (Phi) is 7.10. The average molecular weight is 411 g/mol. The number of rotatable bonds is 7. The van der Waals surface area contributed by atoms with E-state index < -0.39 is 10.1 Å². The summed E-state index contributed by atoms with van der Waals surface area (Å²) in [5, 5.41) is 3.41. The van der Waals surface area contributed by atoms with E-state index in [1.165, 1.54) is 0 Å². The van der Waals surface area contributed by atoms with Crippen LogP contribution in [-0.2, 0) is 16.7 Å². The molecule has 1 N–H and O–H groups in total. The van der Waals surface area contributed by atoms with Crippen molar-refractivity contribution in [2.75, 3.05) is 11.6 Å². The van der Waals surface area contributed by atoms with E-state index in [4.69, 9.17) is 15.8 Å². The molecule has 6 nitrogen and oxygen atoms in total. The molecule has 0 spiro atoms. The van der Waals surface area contributed by atoms with Gasteiger partial charge in [-0.2, -0.15) is 8.42 Å². The van der Waals surface area contributed by atoms with Crippen molar-refractivity contribution in [2.24, 2.45) is 0 Å². The zero-order valence-electron chi connectivity index (χ0n) is 15.5. The summed E-state index contributed by atoms with van der Waals surface area (Å²) in [4.78, 5) is 14.5. The van der Waals surface area contributed by atoms with Crippen LogP contribution in [0.3, 0.4) is 0 Å². The van der Waals surface area contributed by atoms with Crippen molar-refractivity contribution in [2.45, 2.75) is 32.9 Å². The Hall–Kier alpha value is -2.25. The number of carbonyl (C=O) groups is 1. The van der Waals surface area contributed by atoms with Crippen molar-refractivity contribution in [3.63, 3.8) is 0 Å². The Morgan fingerprint density at radius 3 is 2.44 bits per heavy atom. The summed E-state index contributed by atoms with van der Waals surface area (Å²) in [6.07, 6.45) is 1.78. The third-order valence-electron chi connectivity index (χ3n) is 3.98. The third-order valence-corrected chi connectivity index (χ3v) is 4.71. The van der Waals surface area contributed by atoms with E-state index in [0.29, 0.717) is 17.3 Å². The lowest BCUT2D eigenvalue weighted by atomic mass is 10.1. The minimum atomic E-state index is -3.57. The molecule has 0 unspecified atom stereocenters. The molecule has 0 radical (unpaired) electrons. The van der Waals surface area contributed by atoms with Gasteiger partial charge in [-0.25, -0.2) is 4.79 Å². The van der Waals surface area contributed by atoms with Gasteiger partial charge < -0.3 is 14.4 Å². The van der Waals surface area contributed by atoms with E-state index in [-0.39, 0.29) is 17.8 Å². The lowest BCUT2D eigenvalue weighted by Gasteiger charge is -2.29. The quantitative estimate of drug-likeness (QED) is 0.681. The van der Waals surface area contributed by atoms with Crippen molar-refractivity contribution in [3.05, 3.63) is 59.1 Å². The molecule has 1 atom stereocenters. The van der Waals surface area contributed by atoms with E-state index in [9.17, 15) is 13.2 Å². The first kappa shape index (κ1) is 21.1. The van der Waals surface area contributed by atoms with E-state index in [1.807, 2.05) is 13.8 Å². The van der Waals surface area contributed by atoms with Crippen LogP contribution < -0.4 is 9.50 Å². The van der Waals surface area contributed by atoms with Crippen molar-refractivity contribution >= 4 is 33.4 Å². The van der Waals surface area contributed by atoms with Gasteiger partial charge in [0.1, 0.15) is 5.75 Å². The molecule has 0 aliphatic rings. The highest BCUT2D eigenvalue weighted by Gasteiger charge is 2.19. The number of halogens is 1. The molecular weight excluding hydrogens is 388 g/mol. The summed E-state index contributed by atoms with van der Waals surface area (Å²) in [6.45, 7) is 4.35. The monoisotopic (exact) mass is 410 g/mol. The molecule has 0 aromatic heterocycles. The SMILES string of the molecule is CC[C@H](C)N(Cc1ccc(OS(C)(=O)=O)cc1)C(=O)Nc1cccc(Cl)c1. The van der Waals surface area contributed by atoms with Gasteiger partial charge in [-0.15, -0.1) is 0 Å². The fraction of sp³-hybridized carbons (Fsp3) is 0.316. The maximum Gasteiger partial charge on any atom is 0.322 e. The second-order valence-corrected chi connectivity index (χ2v) is 8.27. The van der Waals surface area contributed by atoms with Gasteiger partial charge in [0.15, 0.2) is 0 Å². The Labute approximate surface area is 165 Å². The largest absolute Gasteiger partial charge is 0.383 e. The number of hydrogen-bond donors (Lipinski definition) is 1. The van der Waals surface area contributed by atoms with Gasteiger partial charge in [0.2, 0.25) is 0 Å². The van der Waals surface area contributed by atoms with E-state index in [2.05, 4.69) is 5.32 Å². The second kappa shape index (κ2) is 9.10. The molecule has 0 fully saturated rings. The minimum Gasteiger partial charge on any atom is -0.383 e. The zero-order valence-corrected chi connectivity index (χ0v) is 17.0. The van der Waals surface area contributed by atoms with Gasteiger partial charge in [-0.05, 0) is 49.2 Å². The fourth-order valence-electron chi connectivity index (χ4n) is 2.43. The molecule has 0 bridgehead atoms. The number of benzene rings is 2. The average Bonchev–Trinajstić information content (AvgIpc) is 2.59. The summed E-state index contributed by atoms with van der Waals surface area (Å²) in [6, 6.07) is 13.4. The van der Waals surface area contributed by atoms with Crippen molar-refractivity contribution < 1.29 is 17.4 Å². The molecule has 0 aliphatic heterocycles. The van der Waals surface area contributed by atoms with Crippen LogP contribution in [0.4, 0.5) is 10.5 Å². The maximum absolute atomic E-state index is 12.8. The molecule has 146 valence electrons. The standard InChI is InChI=1S/C19H23ClN2O4S/c1-4-14(2)22(19(23)21-17-7-5-6-16(20)12-17)13-15-8-10-18(11-9-15)26-27(3,24)25/h5-12,14H,4,13H2,1-3H3,(H,21,23)/t14-/m0/s1. The van der Waals surface area contributed by atoms with Crippen LogP contribution in [0.2, 0.25) is 5.02 Å². The molecule has 8 heteroatoms. The summed E-state index contributed by atoms with van der Waals surface area (Å²) in [5.41, 5.74) is 1.48. The smallest absolute Gasteiger partial charge is 0.322 e. The molecule has 2 amide bonds. The number of nitrogens with zero attached hydrogens (tertiary/aromatic N) is 1. The van der Waals surface area contributed by atoms with Gasteiger partial charge in [-0.3, -0.25) is 0 Å². The lowest BCUT2D eigenvalue weighted by Crippen LogP contribution is -2.40. The van der Waals surface area contributed by atoms with Gasteiger partial charge in [0.25, 0.3) is 0 Å². The molecule has 0 saturated carbocycles. The van der Waals surface area contributed by atoms with Crippen LogP contribution in [0.5, 0.6) is 5.75 Å². The number of nitrogens with one attached hydrogen (secondary N) is 1. The molecule has 2 aromatic carbocycles. The van der Waals surface area contributed by atoms with Gasteiger partial charge in [-0.1, -0.05) is 36.7 Å². The Morgan fingerprint density at radius 2 is 1.89 bits per heavy atom. The molecule has 2 rings (SSSR count). The Bertz CT molecular complexity index is 885. The number of hydrogen-bond acceptors (Lipinski definition) is 4. The highest BCUT2D eigenvalue weighted by atomic mass is 35.5. The zero-order chi connectivity index (χ0) is 20.0. The summed E-state index contributed by atoms with van der Waals surface area (Å²) >= 11 is 5.97. The number of urea groups is 1. The second-order valence-electron chi connectivity index (χ2n) is 6.26. The van der Waals surface area contributed by atoms with Gasteiger partial charge >= 0.3 is 16.1 Å². The Balaban J connectivity index is 2.13. The van der Waals surface area contributed by atoms with Crippen LogP contribution in [0.15, 0.2) is 48.5 Å². The van der Waals surface area contributed by atoms with Crippen LogP contribution in [-0.4, -0.2) is 31.6 Å². The topological polar surface area (TPSA) is 75.7 Å². The normalized spacial score (nSPS) is 12.3.